The minimum atomic E-state index is -3.86. The second-order valence-corrected chi connectivity index (χ2v) is 8.35. The number of amides is 1. The Kier molecular flexibility index (Phi) is 6.92. The zero-order valence-electron chi connectivity index (χ0n) is 15.5. The van der Waals surface area contributed by atoms with Gasteiger partial charge in [0.05, 0.1) is 17.5 Å². The van der Waals surface area contributed by atoms with Gasteiger partial charge in [-0.1, -0.05) is 12.1 Å². The summed E-state index contributed by atoms with van der Waals surface area (Å²) in [6.45, 7) is 3.80. The number of likely N-dealkylation sites (N-methyl/N-ethyl adjacent to an activating group) is 1. The fraction of sp³-hybridized carbons (Fsp3) is 0.316. The molecular formula is C19H23FN2O4S. The maximum absolute atomic E-state index is 13.0. The summed E-state index contributed by atoms with van der Waals surface area (Å²) in [7, 11) is -2.56. The van der Waals surface area contributed by atoms with Crippen molar-refractivity contribution in [1.29, 1.82) is 0 Å². The van der Waals surface area contributed by atoms with E-state index in [0.717, 1.165) is 27.8 Å². The van der Waals surface area contributed by atoms with Gasteiger partial charge in [0, 0.05) is 13.6 Å². The van der Waals surface area contributed by atoms with Crippen molar-refractivity contribution in [1.82, 2.24) is 9.62 Å². The lowest BCUT2D eigenvalue weighted by Crippen LogP contribution is -2.38. The van der Waals surface area contributed by atoms with E-state index in [1.165, 1.54) is 19.2 Å². The highest BCUT2D eigenvalue weighted by molar-refractivity contribution is 7.89. The lowest BCUT2D eigenvalue weighted by Gasteiger charge is -2.17. The van der Waals surface area contributed by atoms with Crippen LogP contribution in [0.5, 0.6) is 5.75 Å². The number of hydrogen-bond acceptors (Lipinski definition) is 4. The van der Waals surface area contributed by atoms with Crippen molar-refractivity contribution in [3.63, 3.8) is 0 Å². The van der Waals surface area contributed by atoms with Crippen LogP contribution in [0, 0.1) is 5.82 Å². The molecule has 0 saturated carbocycles. The minimum absolute atomic E-state index is 0.0695. The smallest absolute Gasteiger partial charge is 0.243 e. The van der Waals surface area contributed by atoms with Gasteiger partial charge in [-0.25, -0.2) is 12.8 Å². The zero-order chi connectivity index (χ0) is 20.0. The van der Waals surface area contributed by atoms with Crippen LogP contribution in [0.2, 0.25) is 0 Å². The number of nitrogens with one attached hydrogen (secondary N) is 1. The van der Waals surface area contributed by atoms with Gasteiger partial charge in [0.2, 0.25) is 15.9 Å². The Balaban J connectivity index is 1.90. The molecule has 0 unspecified atom stereocenters. The van der Waals surface area contributed by atoms with E-state index in [0.29, 0.717) is 0 Å². The van der Waals surface area contributed by atoms with Crippen LogP contribution in [-0.2, 0) is 21.4 Å². The molecule has 1 amide bonds. The Morgan fingerprint density at radius 2 is 1.70 bits per heavy atom. The number of carbonyl (C=O) groups excluding carboxylic acids is 1. The normalized spacial score (nSPS) is 11.6. The van der Waals surface area contributed by atoms with E-state index in [-0.39, 0.29) is 24.1 Å². The number of nitrogens with zero attached hydrogens (tertiary/aromatic N) is 1. The van der Waals surface area contributed by atoms with E-state index in [9.17, 15) is 17.6 Å². The van der Waals surface area contributed by atoms with Crippen molar-refractivity contribution in [3.8, 4) is 5.75 Å². The van der Waals surface area contributed by atoms with Gasteiger partial charge in [0.25, 0.3) is 0 Å². The highest BCUT2D eigenvalue weighted by atomic mass is 32.2. The van der Waals surface area contributed by atoms with Crippen LogP contribution in [0.1, 0.15) is 19.4 Å². The van der Waals surface area contributed by atoms with Crippen molar-refractivity contribution in [3.05, 3.63) is 59.9 Å². The van der Waals surface area contributed by atoms with E-state index < -0.39 is 21.7 Å². The van der Waals surface area contributed by atoms with Crippen molar-refractivity contribution in [2.24, 2.45) is 0 Å². The molecule has 0 bridgehead atoms. The van der Waals surface area contributed by atoms with E-state index in [2.05, 4.69) is 5.32 Å². The molecule has 8 heteroatoms. The minimum Gasteiger partial charge on any atom is -0.491 e. The fourth-order valence-electron chi connectivity index (χ4n) is 2.29. The molecule has 0 aliphatic carbocycles. The molecule has 0 radical (unpaired) electrons. The zero-order valence-corrected chi connectivity index (χ0v) is 16.3. The number of benzene rings is 2. The molecule has 2 rings (SSSR count). The van der Waals surface area contributed by atoms with Crippen LogP contribution in [0.25, 0.3) is 0 Å². The molecule has 146 valence electrons. The van der Waals surface area contributed by atoms with Crippen LogP contribution >= 0.6 is 0 Å². The highest BCUT2D eigenvalue weighted by Gasteiger charge is 2.22. The summed E-state index contributed by atoms with van der Waals surface area (Å²) < 4.78 is 44.2. The first-order chi connectivity index (χ1) is 12.7. The highest BCUT2D eigenvalue weighted by Crippen LogP contribution is 2.15. The van der Waals surface area contributed by atoms with Gasteiger partial charge in [-0.2, -0.15) is 4.31 Å². The second-order valence-electron chi connectivity index (χ2n) is 6.30. The SMILES string of the molecule is CC(C)Oc1ccc(CNC(=O)CN(C)S(=O)(=O)c2ccc(F)cc2)cc1. The first kappa shape index (κ1) is 20.9. The first-order valence-corrected chi connectivity index (χ1v) is 9.86. The van der Waals surface area contributed by atoms with E-state index >= 15 is 0 Å². The molecule has 0 aliphatic rings. The molecule has 2 aromatic carbocycles. The lowest BCUT2D eigenvalue weighted by molar-refractivity contribution is -0.121. The molecule has 0 heterocycles. The maximum Gasteiger partial charge on any atom is 0.243 e. The Labute approximate surface area is 159 Å². The van der Waals surface area contributed by atoms with Crippen molar-refractivity contribution >= 4 is 15.9 Å². The molecule has 0 spiro atoms. The van der Waals surface area contributed by atoms with Crippen LogP contribution in [0.15, 0.2) is 53.4 Å². The Morgan fingerprint density at radius 3 is 2.26 bits per heavy atom. The predicted octanol–water partition coefficient (Wildman–Crippen LogP) is 2.55. The lowest BCUT2D eigenvalue weighted by atomic mass is 10.2. The Bertz CT molecular complexity index is 866. The molecule has 2 aromatic rings. The van der Waals surface area contributed by atoms with Gasteiger partial charge in [-0.05, 0) is 55.8 Å². The van der Waals surface area contributed by atoms with Crippen molar-refractivity contribution < 1.29 is 22.3 Å². The van der Waals surface area contributed by atoms with Gasteiger partial charge >= 0.3 is 0 Å². The average molecular weight is 394 g/mol. The van der Waals surface area contributed by atoms with Crippen LogP contribution in [-0.4, -0.2) is 38.3 Å². The first-order valence-electron chi connectivity index (χ1n) is 8.42. The van der Waals surface area contributed by atoms with Crippen molar-refractivity contribution in [2.75, 3.05) is 13.6 Å². The molecule has 0 fully saturated rings. The monoisotopic (exact) mass is 394 g/mol. The number of hydrogen-bond donors (Lipinski definition) is 1. The van der Waals surface area contributed by atoms with E-state index in [1.807, 2.05) is 38.1 Å². The molecule has 0 aliphatic heterocycles. The molecule has 27 heavy (non-hydrogen) atoms. The molecule has 0 aromatic heterocycles. The summed E-state index contributed by atoms with van der Waals surface area (Å²) >= 11 is 0. The number of halogens is 1. The van der Waals surface area contributed by atoms with Gasteiger partial charge < -0.3 is 10.1 Å². The fourth-order valence-corrected chi connectivity index (χ4v) is 3.42. The summed E-state index contributed by atoms with van der Waals surface area (Å²) in [4.78, 5) is 12.0. The number of sulfonamides is 1. The van der Waals surface area contributed by atoms with E-state index in [4.69, 9.17) is 4.74 Å². The summed E-state index contributed by atoms with van der Waals surface area (Å²) in [6, 6.07) is 11.7. The third-order valence-corrected chi connectivity index (χ3v) is 5.49. The van der Waals surface area contributed by atoms with Gasteiger partial charge in [-0.3, -0.25) is 4.79 Å². The average Bonchev–Trinajstić information content (AvgIpc) is 2.61. The van der Waals surface area contributed by atoms with Crippen LogP contribution < -0.4 is 10.1 Å². The van der Waals surface area contributed by atoms with Crippen LogP contribution in [0.3, 0.4) is 0 Å². The number of rotatable bonds is 8. The second kappa shape index (κ2) is 8.96. The largest absolute Gasteiger partial charge is 0.491 e. The molecule has 6 nitrogen and oxygen atoms in total. The third-order valence-electron chi connectivity index (χ3n) is 3.67. The number of carbonyl (C=O) groups is 1. The maximum atomic E-state index is 13.0. The van der Waals surface area contributed by atoms with Gasteiger partial charge in [0.1, 0.15) is 11.6 Å². The molecule has 0 atom stereocenters. The third kappa shape index (κ3) is 6.04. The topological polar surface area (TPSA) is 75.7 Å². The Morgan fingerprint density at radius 1 is 1.11 bits per heavy atom. The summed E-state index contributed by atoms with van der Waals surface area (Å²) in [6.07, 6.45) is 0.0779. The number of ether oxygens (including phenoxy) is 1. The predicted molar refractivity (Wildman–Crippen MR) is 100 cm³/mol. The molecule has 1 N–H and O–H groups in total. The quantitative estimate of drug-likeness (QED) is 0.747. The van der Waals surface area contributed by atoms with E-state index in [1.54, 1.807) is 0 Å². The van der Waals surface area contributed by atoms with Gasteiger partial charge in [0.15, 0.2) is 0 Å². The van der Waals surface area contributed by atoms with Crippen LogP contribution in [0.4, 0.5) is 4.39 Å². The Hall–Kier alpha value is -2.45. The summed E-state index contributed by atoms with van der Waals surface area (Å²) in [5.41, 5.74) is 0.864. The molecular weight excluding hydrogens is 371 g/mol. The summed E-state index contributed by atoms with van der Waals surface area (Å²) in [5, 5.41) is 2.68. The standard InChI is InChI=1S/C19H23FN2O4S/c1-14(2)26-17-8-4-15(5-9-17)12-21-19(23)13-22(3)27(24,25)18-10-6-16(20)7-11-18/h4-11,14H,12-13H2,1-3H3,(H,21,23). The summed E-state index contributed by atoms with van der Waals surface area (Å²) in [5.74, 6) is -0.227. The van der Waals surface area contributed by atoms with Crippen molar-refractivity contribution in [2.45, 2.75) is 31.4 Å². The molecule has 0 saturated heterocycles. The van der Waals surface area contributed by atoms with Gasteiger partial charge in [-0.15, -0.1) is 0 Å².